The summed E-state index contributed by atoms with van der Waals surface area (Å²) in [6, 6.07) is 1.29. The van der Waals surface area contributed by atoms with Gasteiger partial charge >= 0.3 is 0 Å². The number of aromatic amines is 1. The molecule has 1 aliphatic rings. The van der Waals surface area contributed by atoms with Crippen LogP contribution in [0.25, 0.3) is 0 Å². The molecule has 7 nitrogen and oxygen atoms in total. The Labute approximate surface area is 117 Å². The number of piperidine rings is 1. The minimum absolute atomic E-state index is 0.0794. The van der Waals surface area contributed by atoms with Crippen LogP contribution in [0.2, 0.25) is 0 Å². The molecule has 20 heavy (non-hydrogen) atoms. The topological polar surface area (TPSA) is 88.5 Å². The summed E-state index contributed by atoms with van der Waals surface area (Å²) in [5, 5.41) is 10.6. The molecule has 1 atom stereocenters. The molecule has 7 heteroatoms. The predicted molar refractivity (Wildman–Crippen MR) is 72.8 cm³/mol. The Balaban J connectivity index is 1.91. The number of nitrogens with zero attached hydrogens (tertiary/aromatic N) is 2. The minimum Gasteiger partial charge on any atom is -0.384 e. The van der Waals surface area contributed by atoms with Gasteiger partial charge in [0.2, 0.25) is 0 Å². The number of carbonyl (C=O) groups excluding carboxylic acids is 1. The van der Waals surface area contributed by atoms with Gasteiger partial charge in [0.15, 0.2) is 5.78 Å². The standard InChI is InChI=1S/C13H19N3O4/c1-20-9-10-3-2-4-15(7-10)8-13(17)12-5-11(6-14-12)16(18)19/h5-6,10,14H,2-4,7-9H2,1H3. The Hall–Kier alpha value is -1.73. The van der Waals surface area contributed by atoms with Gasteiger partial charge in [-0.15, -0.1) is 0 Å². The molecule has 1 aromatic heterocycles. The molecule has 1 aliphatic heterocycles. The number of hydrogen-bond donors (Lipinski definition) is 1. The molecule has 0 bridgehead atoms. The van der Waals surface area contributed by atoms with Crippen molar-refractivity contribution in [3.05, 3.63) is 28.1 Å². The number of H-pyrrole nitrogens is 1. The van der Waals surface area contributed by atoms with E-state index < -0.39 is 4.92 Å². The van der Waals surface area contributed by atoms with Crippen LogP contribution in [-0.2, 0) is 4.74 Å². The van der Waals surface area contributed by atoms with Gasteiger partial charge < -0.3 is 9.72 Å². The summed E-state index contributed by atoms with van der Waals surface area (Å²) in [5.41, 5.74) is 0.217. The highest BCUT2D eigenvalue weighted by Crippen LogP contribution is 2.18. The summed E-state index contributed by atoms with van der Waals surface area (Å²) in [7, 11) is 1.68. The summed E-state index contributed by atoms with van der Waals surface area (Å²) in [6.45, 7) is 2.72. The van der Waals surface area contributed by atoms with E-state index in [4.69, 9.17) is 4.74 Å². The summed E-state index contributed by atoms with van der Waals surface area (Å²) < 4.78 is 5.16. The van der Waals surface area contributed by atoms with E-state index in [-0.39, 0.29) is 18.0 Å². The third kappa shape index (κ3) is 3.64. The zero-order chi connectivity index (χ0) is 14.5. The second kappa shape index (κ2) is 6.62. The number of nitro groups is 1. The highest BCUT2D eigenvalue weighted by Gasteiger charge is 2.23. The van der Waals surface area contributed by atoms with Crippen LogP contribution in [0.5, 0.6) is 0 Å². The number of ketones is 1. The average molecular weight is 281 g/mol. The van der Waals surface area contributed by atoms with Crippen LogP contribution < -0.4 is 0 Å². The fraction of sp³-hybridized carbons (Fsp3) is 0.615. The Kier molecular flexibility index (Phi) is 4.86. The lowest BCUT2D eigenvalue weighted by Crippen LogP contribution is -2.40. The quantitative estimate of drug-likeness (QED) is 0.484. The zero-order valence-corrected chi connectivity index (χ0v) is 11.5. The van der Waals surface area contributed by atoms with Crippen molar-refractivity contribution in [3.8, 4) is 0 Å². The van der Waals surface area contributed by atoms with Crippen LogP contribution >= 0.6 is 0 Å². The first-order valence-electron chi connectivity index (χ1n) is 6.67. The molecule has 110 valence electrons. The maximum atomic E-state index is 12.1. The van der Waals surface area contributed by atoms with Crippen molar-refractivity contribution in [3.63, 3.8) is 0 Å². The predicted octanol–water partition coefficient (Wildman–Crippen LogP) is 1.46. The van der Waals surface area contributed by atoms with Crippen molar-refractivity contribution >= 4 is 11.5 Å². The number of aromatic nitrogens is 1. The number of carbonyl (C=O) groups is 1. The van der Waals surface area contributed by atoms with Gasteiger partial charge in [-0.3, -0.25) is 19.8 Å². The van der Waals surface area contributed by atoms with Crippen LogP contribution in [0.3, 0.4) is 0 Å². The molecule has 0 radical (unpaired) electrons. The smallest absolute Gasteiger partial charge is 0.287 e. The Morgan fingerprint density at radius 3 is 3.10 bits per heavy atom. The van der Waals surface area contributed by atoms with E-state index in [1.54, 1.807) is 7.11 Å². The van der Waals surface area contributed by atoms with Gasteiger partial charge in [-0.05, 0) is 25.3 Å². The first-order chi connectivity index (χ1) is 9.60. The minimum atomic E-state index is -0.511. The number of rotatable bonds is 6. The average Bonchev–Trinajstić information content (AvgIpc) is 2.89. The maximum absolute atomic E-state index is 12.1. The van der Waals surface area contributed by atoms with Gasteiger partial charge in [0.25, 0.3) is 5.69 Å². The van der Waals surface area contributed by atoms with E-state index in [9.17, 15) is 14.9 Å². The van der Waals surface area contributed by atoms with Crippen LogP contribution in [0, 0.1) is 16.0 Å². The molecule has 0 aliphatic carbocycles. The number of likely N-dealkylation sites (tertiary alicyclic amines) is 1. The first kappa shape index (κ1) is 14.7. The molecule has 1 unspecified atom stereocenters. The van der Waals surface area contributed by atoms with Gasteiger partial charge in [-0.1, -0.05) is 0 Å². The SMILES string of the molecule is COCC1CCCN(CC(=O)c2cc([N+](=O)[O-])c[nH]2)C1. The number of nitrogens with one attached hydrogen (secondary N) is 1. The second-order valence-corrected chi connectivity index (χ2v) is 5.15. The van der Waals surface area contributed by atoms with Crippen molar-refractivity contribution in [1.82, 2.24) is 9.88 Å². The fourth-order valence-electron chi connectivity index (χ4n) is 2.60. The summed E-state index contributed by atoms with van der Waals surface area (Å²) in [6.07, 6.45) is 3.41. The van der Waals surface area contributed by atoms with E-state index in [0.717, 1.165) is 25.9 Å². The lowest BCUT2D eigenvalue weighted by atomic mass is 9.98. The summed E-state index contributed by atoms with van der Waals surface area (Å²) >= 11 is 0. The molecule has 0 amide bonds. The van der Waals surface area contributed by atoms with Gasteiger partial charge in [0, 0.05) is 19.7 Å². The molecule has 0 spiro atoms. The Morgan fingerprint density at radius 2 is 2.45 bits per heavy atom. The van der Waals surface area contributed by atoms with E-state index >= 15 is 0 Å². The normalized spacial score (nSPS) is 19.9. The lowest BCUT2D eigenvalue weighted by molar-refractivity contribution is -0.384. The molecule has 1 N–H and O–H groups in total. The van der Waals surface area contributed by atoms with Gasteiger partial charge in [-0.2, -0.15) is 0 Å². The molecular formula is C13H19N3O4. The van der Waals surface area contributed by atoms with Gasteiger partial charge in [-0.25, -0.2) is 0 Å². The molecule has 2 heterocycles. The largest absolute Gasteiger partial charge is 0.384 e. The fourth-order valence-corrected chi connectivity index (χ4v) is 2.60. The Bertz CT molecular complexity index is 484. The van der Waals surface area contributed by atoms with Crippen LogP contribution in [0.15, 0.2) is 12.3 Å². The van der Waals surface area contributed by atoms with E-state index in [1.165, 1.54) is 12.3 Å². The lowest BCUT2D eigenvalue weighted by Gasteiger charge is -2.31. The second-order valence-electron chi connectivity index (χ2n) is 5.15. The van der Waals surface area contributed by atoms with E-state index in [2.05, 4.69) is 9.88 Å². The van der Waals surface area contributed by atoms with E-state index in [1.807, 2.05) is 0 Å². The van der Waals surface area contributed by atoms with Crippen LogP contribution in [-0.4, -0.2) is 53.9 Å². The van der Waals surface area contributed by atoms with Crippen molar-refractivity contribution in [2.24, 2.45) is 5.92 Å². The monoisotopic (exact) mass is 281 g/mol. The molecule has 1 saturated heterocycles. The third-order valence-corrected chi connectivity index (χ3v) is 3.55. The molecule has 2 rings (SSSR count). The van der Waals surface area contributed by atoms with Gasteiger partial charge in [0.05, 0.1) is 30.0 Å². The van der Waals surface area contributed by atoms with Gasteiger partial charge in [0.1, 0.15) is 0 Å². The number of methoxy groups -OCH3 is 1. The molecule has 1 fully saturated rings. The third-order valence-electron chi connectivity index (χ3n) is 3.55. The summed E-state index contributed by atoms with van der Waals surface area (Å²) in [5.74, 6) is 0.343. The molecule has 0 aromatic carbocycles. The molecule has 1 aromatic rings. The maximum Gasteiger partial charge on any atom is 0.287 e. The van der Waals surface area contributed by atoms with Crippen molar-refractivity contribution in [2.75, 3.05) is 33.4 Å². The van der Waals surface area contributed by atoms with Crippen molar-refractivity contribution in [1.29, 1.82) is 0 Å². The molecule has 0 saturated carbocycles. The molecular weight excluding hydrogens is 262 g/mol. The zero-order valence-electron chi connectivity index (χ0n) is 11.5. The highest BCUT2D eigenvalue weighted by atomic mass is 16.6. The van der Waals surface area contributed by atoms with Crippen molar-refractivity contribution < 1.29 is 14.5 Å². The number of Topliss-reactive ketones (excluding diaryl/α,β-unsaturated/α-hetero) is 1. The first-order valence-corrected chi connectivity index (χ1v) is 6.67. The van der Waals surface area contributed by atoms with E-state index in [0.29, 0.717) is 18.2 Å². The summed E-state index contributed by atoms with van der Waals surface area (Å²) in [4.78, 5) is 26.9. The number of ether oxygens (including phenoxy) is 1. The number of hydrogen-bond acceptors (Lipinski definition) is 5. The van der Waals surface area contributed by atoms with Crippen LogP contribution in [0.1, 0.15) is 23.3 Å². The highest BCUT2D eigenvalue weighted by molar-refractivity contribution is 5.96. The Morgan fingerprint density at radius 1 is 1.65 bits per heavy atom. The van der Waals surface area contributed by atoms with Crippen molar-refractivity contribution in [2.45, 2.75) is 12.8 Å². The van der Waals surface area contributed by atoms with Crippen LogP contribution in [0.4, 0.5) is 5.69 Å².